The van der Waals surface area contributed by atoms with E-state index < -0.39 is 26.0 Å². The number of likely N-dealkylation sites (N-methyl/N-ethyl adjacent to an activating group) is 1. The van der Waals surface area contributed by atoms with Crippen molar-refractivity contribution in [3.05, 3.63) is 47.4 Å². The van der Waals surface area contributed by atoms with Crippen LogP contribution in [0.15, 0.2) is 52.2 Å². The molecule has 1 fully saturated rings. The van der Waals surface area contributed by atoms with Gasteiger partial charge in [0.25, 0.3) is 0 Å². The number of anilines is 2. The van der Waals surface area contributed by atoms with Crippen molar-refractivity contribution >= 4 is 34.7 Å². The van der Waals surface area contributed by atoms with Gasteiger partial charge >= 0.3 is 0 Å². The number of halogens is 1. The van der Waals surface area contributed by atoms with Gasteiger partial charge in [-0.2, -0.15) is 0 Å². The molecule has 4 rings (SSSR count). The Morgan fingerprint density at radius 1 is 1.08 bits per heavy atom. The monoisotopic (exact) mass is 384 g/mol. The summed E-state index contributed by atoms with van der Waals surface area (Å²) in [6.45, 7) is -11.6. The standard InChI is InChI=1S/C20H24ClN3S/c1-22-11-13-23(14-12-22)9-4-10-24-17-5-2-3-6-19(17)25-20-8-7-16(21)15-18(20)24/h2-3,5-8,15H,4,9-14H2,1H3/i7D,8D,11D2,12D2,13D2,14D2,15D. The van der Waals surface area contributed by atoms with Crippen LogP contribution in [-0.2, 0) is 0 Å². The van der Waals surface area contributed by atoms with Crippen LogP contribution < -0.4 is 4.90 Å². The van der Waals surface area contributed by atoms with Crippen LogP contribution in [0.3, 0.4) is 0 Å². The maximum absolute atomic E-state index is 8.54. The average molecular weight is 385 g/mol. The van der Waals surface area contributed by atoms with Crippen molar-refractivity contribution < 1.29 is 15.1 Å². The fourth-order valence-corrected chi connectivity index (χ4v) is 3.83. The van der Waals surface area contributed by atoms with Crippen LogP contribution in [0.1, 0.15) is 21.5 Å². The van der Waals surface area contributed by atoms with E-state index in [-0.39, 0.29) is 42.7 Å². The van der Waals surface area contributed by atoms with Crippen LogP contribution in [0, 0.1) is 0 Å². The zero-order chi connectivity index (χ0) is 27.0. The van der Waals surface area contributed by atoms with Crippen molar-refractivity contribution in [1.82, 2.24) is 9.80 Å². The lowest BCUT2D eigenvalue weighted by Crippen LogP contribution is -2.45. The molecule has 0 amide bonds. The largest absolute Gasteiger partial charge is 0.340 e. The van der Waals surface area contributed by atoms with Crippen molar-refractivity contribution in [3.63, 3.8) is 0 Å². The van der Waals surface area contributed by atoms with E-state index in [1.807, 2.05) is 18.2 Å². The first-order chi connectivity index (χ1) is 16.5. The third-order valence-corrected chi connectivity index (χ3v) is 5.09. The Hall–Kier alpha value is -1.20. The number of rotatable bonds is 4. The molecule has 132 valence electrons. The number of hydrogen-bond acceptors (Lipinski definition) is 4. The summed E-state index contributed by atoms with van der Waals surface area (Å²) in [7, 11) is 1.02. The number of benzene rings is 2. The first kappa shape index (κ1) is 8.66. The van der Waals surface area contributed by atoms with Crippen molar-refractivity contribution in [2.75, 3.05) is 51.0 Å². The van der Waals surface area contributed by atoms with E-state index >= 15 is 0 Å². The van der Waals surface area contributed by atoms with Crippen LogP contribution in [0.5, 0.6) is 0 Å². The third-order valence-electron chi connectivity index (χ3n) is 3.84. The highest BCUT2D eigenvalue weighted by atomic mass is 35.5. The maximum Gasteiger partial charge on any atom is 0.0661 e. The molecule has 2 heterocycles. The van der Waals surface area contributed by atoms with E-state index in [1.165, 1.54) is 11.8 Å². The van der Waals surface area contributed by atoms with Crippen molar-refractivity contribution in [2.24, 2.45) is 0 Å². The Balaban J connectivity index is 1.70. The molecule has 2 aliphatic heterocycles. The molecule has 3 nitrogen and oxygen atoms in total. The van der Waals surface area contributed by atoms with E-state index in [0.29, 0.717) is 26.1 Å². The lowest BCUT2D eigenvalue weighted by atomic mass is 10.2. The molecule has 0 saturated carbocycles. The highest BCUT2D eigenvalue weighted by molar-refractivity contribution is 7.99. The zero-order valence-corrected chi connectivity index (χ0v) is 15.1. The van der Waals surface area contributed by atoms with Gasteiger partial charge in [-0.1, -0.05) is 35.5 Å². The van der Waals surface area contributed by atoms with Gasteiger partial charge in [-0.3, -0.25) is 0 Å². The van der Waals surface area contributed by atoms with Gasteiger partial charge in [0.05, 0.1) is 15.5 Å². The number of fused-ring (bicyclic) bond motifs is 2. The molecule has 5 heteroatoms. The quantitative estimate of drug-likeness (QED) is 0.762. The first-order valence-corrected chi connectivity index (χ1v) is 9.04. The molecular formula is C20H24ClN3S. The highest BCUT2D eigenvalue weighted by Gasteiger charge is 2.23. The molecule has 2 aromatic carbocycles. The Kier molecular flexibility index (Phi) is 2.63. The number of hydrogen-bond donors (Lipinski definition) is 0. The van der Waals surface area contributed by atoms with E-state index in [9.17, 15) is 0 Å². The second kappa shape index (κ2) is 7.58. The van der Waals surface area contributed by atoms with Gasteiger partial charge < -0.3 is 14.7 Å². The molecule has 2 aromatic rings. The molecule has 0 bridgehead atoms. The molecule has 0 N–H and O–H groups in total. The summed E-state index contributed by atoms with van der Waals surface area (Å²) in [6.07, 6.45) is 0.0698. The van der Waals surface area contributed by atoms with Gasteiger partial charge in [0.2, 0.25) is 0 Å². The van der Waals surface area contributed by atoms with Gasteiger partial charge in [0.15, 0.2) is 0 Å². The Bertz CT molecular complexity index is 1180. The molecule has 2 aliphatic rings. The minimum Gasteiger partial charge on any atom is -0.340 e. The molecule has 0 radical (unpaired) electrons. The smallest absolute Gasteiger partial charge is 0.0661 e. The summed E-state index contributed by atoms with van der Waals surface area (Å²) in [6, 6.07) is 6.74. The minimum absolute atomic E-state index is 0.0698. The van der Waals surface area contributed by atoms with Crippen LogP contribution in [0.25, 0.3) is 0 Å². The van der Waals surface area contributed by atoms with Crippen LogP contribution in [0.4, 0.5) is 11.4 Å². The Morgan fingerprint density at radius 2 is 1.88 bits per heavy atom. The molecule has 0 aliphatic carbocycles. The van der Waals surface area contributed by atoms with Gasteiger partial charge in [0, 0.05) is 58.3 Å². The molecule has 0 spiro atoms. The second-order valence-corrected chi connectivity index (χ2v) is 7.03. The summed E-state index contributed by atoms with van der Waals surface area (Å²) in [5.41, 5.74) is 1.02. The van der Waals surface area contributed by atoms with Gasteiger partial charge in [-0.25, -0.2) is 0 Å². The van der Waals surface area contributed by atoms with Crippen LogP contribution in [-0.4, -0.2) is 55.9 Å². The van der Waals surface area contributed by atoms with Gasteiger partial charge in [0.1, 0.15) is 0 Å². The highest BCUT2D eigenvalue weighted by Crippen LogP contribution is 2.48. The third kappa shape index (κ3) is 3.82. The fourth-order valence-electron chi connectivity index (χ4n) is 2.68. The summed E-state index contributed by atoms with van der Waals surface area (Å²) in [4.78, 5) is 3.91. The summed E-state index contributed by atoms with van der Waals surface area (Å²) < 4.78 is 91.3. The summed E-state index contributed by atoms with van der Waals surface area (Å²) in [5.74, 6) is 0. The maximum atomic E-state index is 8.54. The molecule has 0 aromatic heterocycles. The Morgan fingerprint density at radius 3 is 2.72 bits per heavy atom. The molecular weight excluding hydrogens is 350 g/mol. The minimum atomic E-state index is -2.86. The number of piperazine rings is 1. The van der Waals surface area contributed by atoms with Crippen LogP contribution >= 0.6 is 23.4 Å². The fraction of sp³-hybridized carbons (Fsp3) is 0.400. The topological polar surface area (TPSA) is 9.72 Å². The first-order valence-electron chi connectivity index (χ1n) is 13.3. The van der Waals surface area contributed by atoms with Gasteiger partial charge in [-0.15, -0.1) is 0 Å². The average Bonchev–Trinajstić information content (AvgIpc) is 2.81. The molecule has 0 unspecified atom stereocenters. The number of para-hydroxylation sites is 1. The lowest BCUT2D eigenvalue weighted by Gasteiger charge is -2.35. The molecule has 25 heavy (non-hydrogen) atoms. The van der Waals surface area contributed by atoms with Gasteiger partial charge in [-0.05, 0) is 50.3 Å². The Labute approximate surface area is 175 Å². The molecule has 0 atom stereocenters. The predicted molar refractivity (Wildman–Crippen MR) is 108 cm³/mol. The van der Waals surface area contributed by atoms with E-state index in [0.717, 1.165) is 11.9 Å². The van der Waals surface area contributed by atoms with E-state index in [1.54, 1.807) is 11.0 Å². The van der Waals surface area contributed by atoms with E-state index in [4.69, 9.17) is 26.7 Å². The normalized spacial score (nSPS) is 32.6. The lowest BCUT2D eigenvalue weighted by molar-refractivity contribution is 0.153. The summed E-state index contributed by atoms with van der Waals surface area (Å²) in [5, 5.41) is -0.170. The van der Waals surface area contributed by atoms with Crippen molar-refractivity contribution in [1.29, 1.82) is 0 Å². The van der Waals surface area contributed by atoms with E-state index in [2.05, 4.69) is 0 Å². The summed E-state index contributed by atoms with van der Waals surface area (Å²) >= 11 is 7.44. The van der Waals surface area contributed by atoms with Crippen molar-refractivity contribution in [3.8, 4) is 0 Å². The molecule has 1 saturated heterocycles. The van der Waals surface area contributed by atoms with Crippen LogP contribution in [0.2, 0.25) is 5.02 Å². The SMILES string of the molecule is [2H]c1c([2H])c2c(c([2H])c1Cl)N(CCCN1C([2H])([2H])C([2H])([2H])N(C)C([2H])([2H])C1([2H])[2H])c1ccccc1S2. The number of nitrogens with zero attached hydrogens (tertiary/aromatic N) is 3. The zero-order valence-electron chi connectivity index (χ0n) is 24.6. The second-order valence-electron chi connectivity index (χ2n) is 5.60. The predicted octanol–water partition coefficient (Wildman–Crippen LogP) is 4.58. The van der Waals surface area contributed by atoms with Crippen molar-refractivity contribution in [2.45, 2.75) is 16.2 Å².